The van der Waals surface area contributed by atoms with E-state index < -0.39 is 0 Å². The molecule has 4 fully saturated rings. The van der Waals surface area contributed by atoms with Crippen LogP contribution in [0.25, 0.3) is 0 Å². The van der Waals surface area contributed by atoms with Crippen LogP contribution in [0.1, 0.15) is 69.4 Å². The van der Waals surface area contributed by atoms with Gasteiger partial charge in [-0.05, 0) is 80.5 Å². The molecule has 3 aliphatic carbocycles. The maximum Gasteiger partial charge on any atom is 0.318 e. The van der Waals surface area contributed by atoms with Crippen LogP contribution in [0, 0.1) is 11.3 Å². The van der Waals surface area contributed by atoms with E-state index in [4.69, 9.17) is 9.47 Å². The van der Waals surface area contributed by atoms with Crippen molar-refractivity contribution in [3.05, 3.63) is 29.3 Å². The Morgan fingerprint density at radius 3 is 2.76 bits per heavy atom. The molecule has 2 aliphatic heterocycles. The summed E-state index contributed by atoms with van der Waals surface area (Å²) in [6, 6.07) is 7.08. The van der Waals surface area contributed by atoms with Crippen molar-refractivity contribution >= 4 is 23.7 Å². The molecule has 0 amide bonds. The Labute approximate surface area is 202 Å². The zero-order chi connectivity index (χ0) is 23.4. The maximum atomic E-state index is 13.5. The molecule has 33 heavy (non-hydrogen) atoms. The second-order valence-corrected chi connectivity index (χ2v) is 11.7. The van der Waals surface area contributed by atoms with E-state index in [9.17, 15) is 9.59 Å². The number of ether oxygens (including phenoxy) is 2. The fourth-order valence-electron chi connectivity index (χ4n) is 8.48. The molecule has 0 radical (unpaired) electrons. The molecular formula is C27H37NO4S. The SMILES string of the molecule is CCC12C[C@@]34CCCC[C@@]3(CC1C(=O)OC(=O)CCSC)C(Cc1ccc(OC)cc14)N2C. The Bertz CT molecular complexity index is 965. The first-order valence-electron chi connectivity index (χ1n) is 12.5. The standard InChI is InChI=1S/C27H37NO4S/c1-5-27-17-26-12-7-6-11-25(26,16-21(27)24(30)32-23(29)10-13-33-4)22(28(27)2)14-18-8-9-19(31-3)15-20(18)26/h8-9,15,21-22H,5-7,10-14,16-17H2,1-4H3/t21?,22?,25-,26-,27?/m1/s1. The van der Waals surface area contributed by atoms with Crippen LogP contribution >= 0.6 is 11.8 Å². The van der Waals surface area contributed by atoms with Crippen LogP contribution in [-0.4, -0.2) is 54.6 Å². The minimum atomic E-state index is -0.379. The number of piperidine rings is 2. The zero-order valence-electron chi connectivity index (χ0n) is 20.4. The second-order valence-electron chi connectivity index (χ2n) is 10.7. The van der Waals surface area contributed by atoms with Crippen LogP contribution in [0.4, 0.5) is 0 Å². The highest BCUT2D eigenvalue weighted by molar-refractivity contribution is 7.98. The molecule has 4 bridgehead atoms. The topological polar surface area (TPSA) is 55.8 Å². The number of carbonyl (C=O) groups excluding carboxylic acids is 2. The number of methoxy groups -OCH3 is 1. The highest BCUT2D eigenvalue weighted by Gasteiger charge is 2.74. The van der Waals surface area contributed by atoms with E-state index in [-0.39, 0.29) is 34.2 Å². The summed E-state index contributed by atoms with van der Waals surface area (Å²) < 4.78 is 11.1. The number of likely N-dealkylation sites (N-methyl/N-ethyl adjacent to an activating group) is 1. The average Bonchev–Trinajstić information content (AvgIpc) is 2.83. The molecule has 0 N–H and O–H groups in total. The quantitative estimate of drug-likeness (QED) is 0.441. The first-order valence-corrected chi connectivity index (χ1v) is 13.9. The Morgan fingerprint density at radius 1 is 1.24 bits per heavy atom. The third-order valence-electron chi connectivity index (χ3n) is 9.93. The van der Waals surface area contributed by atoms with Gasteiger partial charge in [-0.2, -0.15) is 11.8 Å². The lowest BCUT2D eigenvalue weighted by Gasteiger charge is -2.76. The Hall–Kier alpha value is -1.53. The van der Waals surface area contributed by atoms with E-state index in [1.165, 1.54) is 30.4 Å². The largest absolute Gasteiger partial charge is 0.497 e. The lowest BCUT2D eigenvalue weighted by atomic mass is 9.35. The molecule has 5 nitrogen and oxygen atoms in total. The van der Waals surface area contributed by atoms with Crippen LogP contribution in [0.2, 0.25) is 0 Å². The first kappa shape index (κ1) is 23.2. The molecule has 1 aromatic rings. The fourth-order valence-corrected chi connectivity index (χ4v) is 8.85. The normalized spacial score (nSPS) is 36.6. The fraction of sp³-hybridized carbons (Fsp3) is 0.704. The molecule has 5 atom stereocenters. The summed E-state index contributed by atoms with van der Waals surface area (Å²) >= 11 is 1.60. The highest BCUT2D eigenvalue weighted by Crippen LogP contribution is 2.73. The molecule has 2 heterocycles. The predicted octanol–water partition coefficient (Wildman–Crippen LogP) is 4.75. The van der Waals surface area contributed by atoms with Crippen LogP contribution in [0.3, 0.4) is 0 Å². The summed E-state index contributed by atoms with van der Waals surface area (Å²) in [4.78, 5) is 28.4. The predicted molar refractivity (Wildman–Crippen MR) is 131 cm³/mol. The summed E-state index contributed by atoms with van der Waals surface area (Å²) in [7, 11) is 3.98. The van der Waals surface area contributed by atoms with Crippen molar-refractivity contribution in [2.24, 2.45) is 11.3 Å². The van der Waals surface area contributed by atoms with Gasteiger partial charge in [0.25, 0.3) is 0 Å². The molecule has 1 aromatic carbocycles. The van der Waals surface area contributed by atoms with Crippen molar-refractivity contribution in [3.63, 3.8) is 0 Å². The number of nitrogens with zero attached hydrogens (tertiary/aromatic N) is 1. The summed E-state index contributed by atoms with van der Waals surface area (Å²) in [5.41, 5.74) is 2.75. The molecule has 6 heteroatoms. The van der Waals surface area contributed by atoms with Crippen molar-refractivity contribution in [1.29, 1.82) is 0 Å². The van der Waals surface area contributed by atoms with Gasteiger partial charge in [0.1, 0.15) is 5.75 Å². The van der Waals surface area contributed by atoms with Crippen molar-refractivity contribution in [1.82, 2.24) is 4.90 Å². The molecule has 5 aliphatic rings. The van der Waals surface area contributed by atoms with Gasteiger partial charge in [-0.1, -0.05) is 25.8 Å². The lowest BCUT2D eigenvalue weighted by molar-refractivity contribution is -0.232. The van der Waals surface area contributed by atoms with E-state index in [2.05, 4.69) is 37.1 Å². The van der Waals surface area contributed by atoms with Gasteiger partial charge in [0.2, 0.25) is 0 Å². The summed E-state index contributed by atoms with van der Waals surface area (Å²) in [6.07, 6.45) is 10.7. The average molecular weight is 472 g/mol. The Kier molecular flexibility index (Phi) is 5.84. The van der Waals surface area contributed by atoms with Gasteiger partial charge in [-0.15, -0.1) is 0 Å². The summed E-state index contributed by atoms with van der Waals surface area (Å²) in [5.74, 6) is 0.691. The number of hydrogen-bond acceptors (Lipinski definition) is 6. The minimum absolute atomic E-state index is 0.0439. The Morgan fingerprint density at radius 2 is 2.03 bits per heavy atom. The van der Waals surface area contributed by atoms with Gasteiger partial charge in [-0.3, -0.25) is 14.5 Å². The number of hydrogen-bond donors (Lipinski definition) is 0. The van der Waals surface area contributed by atoms with Gasteiger partial charge < -0.3 is 9.47 Å². The molecular weight excluding hydrogens is 434 g/mol. The molecule has 2 saturated heterocycles. The molecule has 1 spiro atoms. The van der Waals surface area contributed by atoms with Gasteiger partial charge >= 0.3 is 11.9 Å². The third-order valence-corrected chi connectivity index (χ3v) is 10.5. The number of carbonyl (C=O) groups is 2. The summed E-state index contributed by atoms with van der Waals surface area (Å²) in [5, 5.41) is 0. The Balaban J connectivity index is 1.59. The molecule has 2 saturated carbocycles. The summed E-state index contributed by atoms with van der Waals surface area (Å²) in [6.45, 7) is 2.21. The van der Waals surface area contributed by atoms with Gasteiger partial charge in [-0.25, -0.2) is 0 Å². The van der Waals surface area contributed by atoms with Gasteiger partial charge in [0, 0.05) is 22.7 Å². The van der Waals surface area contributed by atoms with E-state index in [0.29, 0.717) is 18.2 Å². The van der Waals surface area contributed by atoms with Crippen molar-refractivity contribution in [3.8, 4) is 5.75 Å². The number of thioether (sulfide) groups is 1. The van der Waals surface area contributed by atoms with E-state index >= 15 is 0 Å². The van der Waals surface area contributed by atoms with Crippen LogP contribution in [0.15, 0.2) is 18.2 Å². The van der Waals surface area contributed by atoms with Gasteiger partial charge in [0.15, 0.2) is 0 Å². The second kappa shape index (κ2) is 8.30. The van der Waals surface area contributed by atoms with Crippen molar-refractivity contribution < 1.29 is 19.1 Å². The first-order chi connectivity index (χ1) is 15.9. The van der Waals surface area contributed by atoms with Gasteiger partial charge in [0.05, 0.1) is 19.4 Å². The number of benzene rings is 1. The smallest absolute Gasteiger partial charge is 0.318 e. The van der Waals surface area contributed by atoms with Crippen molar-refractivity contribution in [2.45, 2.75) is 81.7 Å². The van der Waals surface area contributed by atoms with E-state index in [1.807, 2.05) is 6.26 Å². The van der Waals surface area contributed by atoms with Crippen LogP contribution in [0.5, 0.6) is 5.75 Å². The monoisotopic (exact) mass is 471 g/mol. The lowest BCUT2D eigenvalue weighted by Crippen LogP contribution is -2.80. The van der Waals surface area contributed by atoms with E-state index in [1.54, 1.807) is 18.9 Å². The molecule has 3 unspecified atom stereocenters. The highest BCUT2D eigenvalue weighted by atomic mass is 32.2. The number of esters is 2. The maximum absolute atomic E-state index is 13.5. The third kappa shape index (κ3) is 3.09. The van der Waals surface area contributed by atoms with Crippen LogP contribution < -0.4 is 4.74 Å². The molecule has 0 aromatic heterocycles. The molecule has 180 valence electrons. The van der Waals surface area contributed by atoms with E-state index in [0.717, 1.165) is 37.9 Å². The zero-order valence-corrected chi connectivity index (χ0v) is 21.3. The minimum Gasteiger partial charge on any atom is -0.497 e. The number of fused-ring (bicyclic) bond motifs is 2. The van der Waals surface area contributed by atoms with Crippen molar-refractivity contribution in [2.75, 3.05) is 26.2 Å². The molecule has 6 rings (SSSR count). The number of rotatable bonds is 6. The van der Waals surface area contributed by atoms with Crippen LogP contribution in [-0.2, 0) is 26.2 Å².